The van der Waals surface area contributed by atoms with Crippen LogP contribution in [0.5, 0.6) is 0 Å². The largest absolute Gasteiger partial charge is 0.466 e. The Balaban J connectivity index is 3.37. The molecule has 0 fully saturated rings. The predicted molar refractivity (Wildman–Crippen MR) is 347 cm³/mol. The molecule has 79 heavy (non-hydrogen) atoms. The van der Waals surface area contributed by atoms with Gasteiger partial charge in [0.1, 0.15) is 0 Å². The maximum absolute atomic E-state index is 12.5. The molecule has 0 aliphatic rings. The molecule has 0 aromatic rings. The molecule has 3 N–H and O–H groups in total. The number of ether oxygens (including phenoxy) is 1. The Morgan fingerprint density at radius 1 is 0.354 bits per heavy atom. The van der Waals surface area contributed by atoms with E-state index in [1.54, 1.807) is 0 Å². The lowest BCUT2D eigenvalue weighted by Crippen LogP contribution is -2.45. The van der Waals surface area contributed by atoms with E-state index < -0.39 is 12.1 Å². The van der Waals surface area contributed by atoms with Crippen molar-refractivity contribution in [3.05, 3.63) is 48.6 Å². The summed E-state index contributed by atoms with van der Waals surface area (Å²) in [5.74, 6) is -0.0242. The van der Waals surface area contributed by atoms with Crippen molar-refractivity contribution in [2.24, 2.45) is 0 Å². The number of carbonyl (C=O) groups is 2. The first-order valence-corrected chi connectivity index (χ1v) is 35.4. The van der Waals surface area contributed by atoms with Crippen LogP contribution in [-0.2, 0) is 14.3 Å². The smallest absolute Gasteiger partial charge is 0.305 e. The molecule has 0 saturated heterocycles. The molecule has 0 heterocycles. The van der Waals surface area contributed by atoms with Crippen LogP contribution < -0.4 is 5.32 Å². The van der Waals surface area contributed by atoms with E-state index in [0.29, 0.717) is 25.9 Å². The van der Waals surface area contributed by atoms with Gasteiger partial charge in [-0.05, 0) is 89.9 Å². The number of aliphatic hydroxyl groups excluding tert-OH is 2. The zero-order valence-corrected chi connectivity index (χ0v) is 53.1. The van der Waals surface area contributed by atoms with Crippen LogP contribution in [-0.4, -0.2) is 47.4 Å². The van der Waals surface area contributed by atoms with Gasteiger partial charge in [-0.25, -0.2) is 0 Å². The molecule has 0 saturated carbocycles. The van der Waals surface area contributed by atoms with E-state index in [2.05, 4.69) is 67.8 Å². The number of nitrogens with one attached hydrogen (secondary N) is 1. The van der Waals surface area contributed by atoms with E-state index in [9.17, 15) is 19.8 Å². The Morgan fingerprint density at radius 3 is 0.987 bits per heavy atom. The summed E-state index contributed by atoms with van der Waals surface area (Å²) in [5, 5.41) is 23.3. The number of aliphatic hydroxyl groups is 2. The fourth-order valence-corrected chi connectivity index (χ4v) is 10.9. The highest BCUT2D eigenvalue weighted by atomic mass is 16.5. The Bertz CT molecular complexity index is 1320. The van der Waals surface area contributed by atoms with Crippen molar-refractivity contribution in [3.8, 4) is 0 Å². The third-order valence-corrected chi connectivity index (χ3v) is 16.4. The first-order chi connectivity index (χ1) is 39.0. The summed E-state index contributed by atoms with van der Waals surface area (Å²) >= 11 is 0. The van der Waals surface area contributed by atoms with E-state index in [0.717, 1.165) is 57.8 Å². The topological polar surface area (TPSA) is 95.9 Å². The number of carbonyl (C=O) groups excluding carboxylic acids is 2. The number of unbranched alkanes of at least 4 members (excludes halogenated alkanes) is 47. The molecular formula is C73H137NO5. The van der Waals surface area contributed by atoms with Crippen LogP contribution in [0, 0.1) is 0 Å². The van der Waals surface area contributed by atoms with Crippen molar-refractivity contribution < 1.29 is 24.5 Å². The average molecular weight is 1110 g/mol. The Hall–Kier alpha value is -2.18. The normalized spacial score (nSPS) is 12.8. The highest BCUT2D eigenvalue weighted by Gasteiger charge is 2.20. The van der Waals surface area contributed by atoms with E-state index in [4.69, 9.17) is 4.74 Å². The summed E-state index contributed by atoms with van der Waals surface area (Å²) < 4.78 is 5.50. The van der Waals surface area contributed by atoms with Gasteiger partial charge in [-0.3, -0.25) is 9.59 Å². The standard InChI is InChI=1S/C73H137NO5/c1-3-5-7-9-11-13-15-17-18-19-33-37-40-43-47-51-55-59-63-67-73(78)79-68-64-60-56-52-48-44-41-38-35-32-30-28-26-24-22-20-21-23-25-27-29-31-34-36-39-42-46-50-54-58-62-66-72(77)74-70(69-75)71(76)65-61-57-53-49-45-16-14-12-10-8-6-4-2/h11,13,17-18,22,24,28,30,70-71,75-76H,3-10,12,14-16,19-21,23,25-27,29,31-69H2,1-2H3,(H,74,77)/b13-11-,18-17-,24-22-,30-28-. The molecule has 0 aromatic carbocycles. The summed E-state index contributed by atoms with van der Waals surface area (Å²) in [4.78, 5) is 24.6. The van der Waals surface area contributed by atoms with Crippen LogP contribution in [0.4, 0.5) is 0 Å². The summed E-state index contributed by atoms with van der Waals surface area (Å²) in [6.45, 7) is 4.94. The van der Waals surface area contributed by atoms with E-state index in [1.165, 1.54) is 289 Å². The van der Waals surface area contributed by atoms with Crippen LogP contribution in [0.3, 0.4) is 0 Å². The van der Waals surface area contributed by atoms with E-state index in [1.807, 2.05) is 0 Å². The minimum atomic E-state index is -0.663. The second-order valence-corrected chi connectivity index (χ2v) is 24.2. The van der Waals surface area contributed by atoms with Gasteiger partial charge in [0.25, 0.3) is 0 Å². The fraction of sp³-hybridized carbons (Fsp3) is 0.863. The third kappa shape index (κ3) is 64.8. The zero-order valence-electron chi connectivity index (χ0n) is 53.1. The highest BCUT2D eigenvalue weighted by Crippen LogP contribution is 2.18. The van der Waals surface area contributed by atoms with Gasteiger partial charge in [0.2, 0.25) is 5.91 Å². The van der Waals surface area contributed by atoms with Gasteiger partial charge in [-0.1, -0.05) is 326 Å². The molecule has 1 amide bonds. The summed E-state index contributed by atoms with van der Waals surface area (Å²) in [7, 11) is 0. The van der Waals surface area contributed by atoms with Crippen LogP contribution in [0.2, 0.25) is 0 Å². The SMILES string of the molecule is CCCCC/C=C\C/C=C\CCCCCCCCCCCC(=O)OCCCCCCCCCCC/C=C\C/C=C\CCCCCCCCCCCCCCCCCC(=O)NC(CO)C(O)CCCCCCCCCCCCCC. The van der Waals surface area contributed by atoms with Gasteiger partial charge in [-0.2, -0.15) is 0 Å². The molecule has 0 spiro atoms. The summed E-state index contributed by atoms with van der Waals surface area (Å²) in [6, 6.07) is -0.540. The molecule has 6 nitrogen and oxygen atoms in total. The third-order valence-electron chi connectivity index (χ3n) is 16.4. The lowest BCUT2D eigenvalue weighted by atomic mass is 10.0. The Morgan fingerprint density at radius 2 is 0.633 bits per heavy atom. The van der Waals surface area contributed by atoms with Crippen molar-refractivity contribution in [2.45, 2.75) is 392 Å². The fourth-order valence-electron chi connectivity index (χ4n) is 10.9. The minimum Gasteiger partial charge on any atom is -0.466 e. The van der Waals surface area contributed by atoms with Gasteiger partial charge in [-0.15, -0.1) is 0 Å². The second kappa shape index (κ2) is 68.3. The van der Waals surface area contributed by atoms with Crippen molar-refractivity contribution in [2.75, 3.05) is 13.2 Å². The molecule has 0 aliphatic carbocycles. The summed E-state index contributed by atoms with van der Waals surface area (Å²) in [5.41, 5.74) is 0. The zero-order chi connectivity index (χ0) is 57.1. The number of rotatable bonds is 66. The van der Waals surface area contributed by atoms with Gasteiger partial charge < -0.3 is 20.3 Å². The van der Waals surface area contributed by atoms with Crippen molar-refractivity contribution in [3.63, 3.8) is 0 Å². The Kier molecular flexibility index (Phi) is 66.4. The quantitative estimate of drug-likeness (QED) is 0.0320. The van der Waals surface area contributed by atoms with Crippen LogP contribution in [0.25, 0.3) is 0 Å². The van der Waals surface area contributed by atoms with Gasteiger partial charge in [0, 0.05) is 12.8 Å². The van der Waals surface area contributed by atoms with E-state index >= 15 is 0 Å². The Labute approximate surface area is 493 Å². The molecule has 2 atom stereocenters. The molecule has 0 aliphatic heterocycles. The molecule has 464 valence electrons. The molecule has 6 heteroatoms. The number of hydrogen-bond donors (Lipinski definition) is 3. The van der Waals surface area contributed by atoms with Gasteiger partial charge >= 0.3 is 5.97 Å². The monoisotopic (exact) mass is 1110 g/mol. The lowest BCUT2D eigenvalue weighted by Gasteiger charge is -2.22. The first kappa shape index (κ1) is 76.8. The maximum atomic E-state index is 12.5. The van der Waals surface area contributed by atoms with Gasteiger partial charge in [0.15, 0.2) is 0 Å². The molecule has 2 unspecified atom stereocenters. The number of esters is 1. The second-order valence-electron chi connectivity index (χ2n) is 24.2. The summed E-state index contributed by atoms with van der Waals surface area (Å²) in [6.07, 6.45) is 88.8. The average Bonchev–Trinajstić information content (AvgIpc) is 3.45. The predicted octanol–water partition coefficient (Wildman–Crippen LogP) is 22.9. The molecule has 0 rings (SSSR count). The molecule has 0 aromatic heterocycles. The van der Waals surface area contributed by atoms with Crippen molar-refractivity contribution >= 4 is 11.9 Å². The molecule has 0 bridgehead atoms. The van der Waals surface area contributed by atoms with Crippen molar-refractivity contribution in [1.82, 2.24) is 5.32 Å². The first-order valence-electron chi connectivity index (χ1n) is 35.4. The minimum absolute atomic E-state index is 0.00950. The highest BCUT2D eigenvalue weighted by molar-refractivity contribution is 5.76. The maximum Gasteiger partial charge on any atom is 0.305 e. The van der Waals surface area contributed by atoms with Crippen LogP contribution in [0.15, 0.2) is 48.6 Å². The van der Waals surface area contributed by atoms with Gasteiger partial charge in [0.05, 0.1) is 25.4 Å². The van der Waals surface area contributed by atoms with Crippen molar-refractivity contribution in [1.29, 1.82) is 0 Å². The number of hydrogen-bond acceptors (Lipinski definition) is 5. The molecular weight excluding hydrogens is 971 g/mol. The van der Waals surface area contributed by atoms with Crippen LogP contribution >= 0.6 is 0 Å². The van der Waals surface area contributed by atoms with E-state index in [-0.39, 0.29) is 18.5 Å². The lowest BCUT2D eigenvalue weighted by molar-refractivity contribution is -0.143. The number of amides is 1. The van der Waals surface area contributed by atoms with Crippen LogP contribution in [0.1, 0.15) is 380 Å². The number of allylic oxidation sites excluding steroid dienone is 8. The molecule has 0 radical (unpaired) electrons.